The number of hydrogen-bond acceptors (Lipinski definition) is 5. The summed E-state index contributed by atoms with van der Waals surface area (Å²) in [5, 5.41) is 12.1. The quantitative estimate of drug-likeness (QED) is 0.658. The first-order chi connectivity index (χ1) is 13.1. The zero-order chi connectivity index (χ0) is 19.0. The smallest absolute Gasteiger partial charge is 0.343 e. The summed E-state index contributed by atoms with van der Waals surface area (Å²) in [7, 11) is 0. The minimum absolute atomic E-state index is 0.126. The molecule has 0 saturated heterocycles. The molecule has 0 amide bonds. The van der Waals surface area contributed by atoms with E-state index in [-0.39, 0.29) is 28.6 Å². The Labute approximate surface area is 161 Å². The maximum absolute atomic E-state index is 12.8. The lowest BCUT2D eigenvalue weighted by Crippen LogP contribution is -2.19. The van der Waals surface area contributed by atoms with E-state index in [2.05, 4.69) is 6.07 Å². The van der Waals surface area contributed by atoms with Crippen molar-refractivity contribution >= 4 is 27.2 Å². The lowest BCUT2D eigenvalue weighted by molar-refractivity contribution is 0.0968. The second-order valence-corrected chi connectivity index (χ2v) is 8.20. The van der Waals surface area contributed by atoms with Gasteiger partial charge in [0.05, 0.1) is 11.1 Å². The normalized spacial score (nSPS) is 16.0. The highest BCUT2D eigenvalue weighted by Crippen LogP contribution is 2.40. The Hall–Kier alpha value is -2.40. The number of hydrogen-bond donors (Lipinski definition) is 1. The van der Waals surface area contributed by atoms with Crippen LogP contribution in [0.15, 0.2) is 39.5 Å². The predicted molar refractivity (Wildman–Crippen MR) is 107 cm³/mol. The van der Waals surface area contributed by atoms with Crippen LogP contribution in [-0.2, 0) is 6.42 Å². The lowest BCUT2D eigenvalue weighted by atomic mass is 9.90. The Bertz CT molecular complexity index is 1030. The molecular formula is C22H22O4S. The van der Waals surface area contributed by atoms with Gasteiger partial charge in [-0.3, -0.25) is 4.79 Å². The van der Waals surface area contributed by atoms with Crippen LogP contribution >= 0.6 is 11.3 Å². The third-order valence-electron chi connectivity index (χ3n) is 5.34. The molecule has 0 radical (unpaired) electrons. The molecular weight excluding hydrogens is 360 g/mol. The van der Waals surface area contributed by atoms with Crippen molar-refractivity contribution in [3.05, 3.63) is 62.5 Å². The number of ketones is 1. The van der Waals surface area contributed by atoms with Crippen LogP contribution in [0, 0.1) is 0 Å². The van der Waals surface area contributed by atoms with Gasteiger partial charge in [0.1, 0.15) is 11.5 Å². The van der Waals surface area contributed by atoms with Gasteiger partial charge in [-0.25, -0.2) is 4.79 Å². The van der Waals surface area contributed by atoms with Gasteiger partial charge in [-0.2, -0.15) is 0 Å². The van der Waals surface area contributed by atoms with Crippen molar-refractivity contribution in [2.24, 2.45) is 0 Å². The Balaban J connectivity index is 1.88. The van der Waals surface area contributed by atoms with Crippen LogP contribution in [-0.4, -0.2) is 10.9 Å². The summed E-state index contributed by atoms with van der Waals surface area (Å²) < 4.78 is 6.70. The van der Waals surface area contributed by atoms with Crippen molar-refractivity contribution in [1.29, 1.82) is 0 Å². The zero-order valence-electron chi connectivity index (χ0n) is 15.3. The molecule has 1 unspecified atom stereocenters. The summed E-state index contributed by atoms with van der Waals surface area (Å²) in [6, 6.07) is 10.1. The second kappa shape index (κ2) is 7.31. The monoisotopic (exact) mass is 382 g/mol. The molecule has 4 rings (SSSR count). The SMILES string of the molecule is CCC(c1cc2ccccc2s1)c1c(O)c2c(oc1=O)CCCCCC2=O. The molecule has 3 aromatic rings. The van der Waals surface area contributed by atoms with Gasteiger partial charge in [0, 0.05) is 28.3 Å². The summed E-state index contributed by atoms with van der Waals surface area (Å²) in [6.45, 7) is 1.98. The Kier molecular flexibility index (Phi) is 4.87. The van der Waals surface area contributed by atoms with Gasteiger partial charge in [-0.1, -0.05) is 31.5 Å². The van der Waals surface area contributed by atoms with Crippen molar-refractivity contribution in [1.82, 2.24) is 0 Å². The Morgan fingerprint density at radius 2 is 1.93 bits per heavy atom. The van der Waals surface area contributed by atoms with Crippen LogP contribution in [0.2, 0.25) is 0 Å². The van der Waals surface area contributed by atoms with Crippen molar-refractivity contribution < 1.29 is 14.3 Å². The maximum Gasteiger partial charge on any atom is 0.343 e. The third kappa shape index (κ3) is 3.21. The predicted octanol–water partition coefficient (Wildman–Crippen LogP) is 5.40. The molecule has 1 atom stereocenters. The minimum Gasteiger partial charge on any atom is -0.506 e. The summed E-state index contributed by atoms with van der Waals surface area (Å²) in [5.41, 5.74) is -0.0791. The number of thiophene rings is 1. The van der Waals surface area contributed by atoms with Crippen molar-refractivity contribution in [2.45, 2.75) is 51.4 Å². The number of benzene rings is 1. The number of carbonyl (C=O) groups is 1. The van der Waals surface area contributed by atoms with Gasteiger partial charge < -0.3 is 9.52 Å². The topological polar surface area (TPSA) is 67.5 Å². The van der Waals surface area contributed by atoms with Gasteiger partial charge >= 0.3 is 5.63 Å². The highest BCUT2D eigenvalue weighted by Gasteiger charge is 2.30. The highest BCUT2D eigenvalue weighted by atomic mass is 32.1. The van der Waals surface area contributed by atoms with Gasteiger partial charge in [0.25, 0.3) is 0 Å². The van der Waals surface area contributed by atoms with E-state index in [1.807, 2.05) is 31.2 Å². The molecule has 1 N–H and O–H groups in total. The average molecular weight is 382 g/mol. The van der Waals surface area contributed by atoms with E-state index >= 15 is 0 Å². The zero-order valence-corrected chi connectivity index (χ0v) is 16.1. The molecule has 5 heteroatoms. The van der Waals surface area contributed by atoms with Gasteiger partial charge in [0.15, 0.2) is 5.78 Å². The second-order valence-electron chi connectivity index (χ2n) is 7.08. The number of rotatable bonds is 3. The number of carbonyl (C=O) groups excluding carboxylic acids is 1. The Morgan fingerprint density at radius 3 is 2.70 bits per heavy atom. The summed E-state index contributed by atoms with van der Waals surface area (Å²) in [5.74, 6) is -0.241. The number of Topliss-reactive ketones (excluding diaryl/α,β-unsaturated/α-hetero) is 1. The first-order valence-electron chi connectivity index (χ1n) is 9.50. The number of aromatic hydroxyl groups is 1. The van der Waals surface area contributed by atoms with Crippen molar-refractivity contribution in [3.8, 4) is 5.75 Å². The molecule has 1 aliphatic rings. The molecule has 0 bridgehead atoms. The van der Waals surface area contributed by atoms with E-state index in [9.17, 15) is 14.7 Å². The molecule has 140 valence electrons. The molecule has 0 saturated carbocycles. The first-order valence-corrected chi connectivity index (χ1v) is 10.3. The molecule has 2 heterocycles. The molecule has 27 heavy (non-hydrogen) atoms. The lowest BCUT2D eigenvalue weighted by Gasteiger charge is -2.18. The minimum atomic E-state index is -0.524. The molecule has 1 aromatic carbocycles. The van der Waals surface area contributed by atoms with Crippen LogP contribution in [0.1, 0.15) is 71.5 Å². The van der Waals surface area contributed by atoms with Gasteiger partial charge in [0.2, 0.25) is 0 Å². The molecule has 4 nitrogen and oxygen atoms in total. The van der Waals surface area contributed by atoms with E-state index in [1.165, 1.54) is 0 Å². The molecule has 0 spiro atoms. The summed E-state index contributed by atoms with van der Waals surface area (Å²) in [4.78, 5) is 26.4. The van der Waals surface area contributed by atoms with E-state index < -0.39 is 5.63 Å². The number of aryl methyl sites for hydroxylation is 1. The first kappa shape index (κ1) is 18.0. The van der Waals surface area contributed by atoms with Gasteiger partial charge in [-0.05, 0) is 36.8 Å². The summed E-state index contributed by atoms with van der Waals surface area (Å²) >= 11 is 1.61. The van der Waals surface area contributed by atoms with E-state index in [0.29, 0.717) is 25.0 Å². The fraction of sp³-hybridized carbons (Fsp3) is 0.364. The highest BCUT2D eigenvalue weighted by molar-refractivity contribution is 7.19. The standard InChI is InChI=1S/C22H22O4S/c1-2-14(18-12-13-8-6-7-11-17(13)27-18)19-21(24)20-15(23)9-4-3-5-10-16(20)26-22(19)25/h6-8,11-12,14,24H,2-5,9-10H2,1H3. The molecule has 0 aliphatic heterocycles. The molecule has 1 aliphatic carbocycles. The fourth-order valence-electron chi connectivity index (χ4n) is 3.95. The molecule has 0 fully saturated rings. The molecule has 2 aromatic heterocycles. The maximum atomic E-state index is 12.8. The van der Waals surface area contributed by atoms with Crippen molar-refractivity contribution in [2.75, 3.05) is 0 Å². The number of fused-ring (bicyclic) bond motifs is 2. The van der Waals surface area contributed by atoms with E-state index in [4.69, 9.17) is 4.42 Å². The van der Waals surface area contributed by atoms with Crippen LogP contribution < -0.4 is 5.63 Å². The van der Waals surface area contributed by atoms with Gasteiger partial charge in [-0.15, -0.1) is 11.3 Å². The van der Waals surface area contributed by atoms with E-state index in [1.54, 1.807) is 11.3 Å². The third-order valence-corrected chi connectivity index (χ3v) is 6.57. The average Bonchev–Trinajstić information content (AvgIpc) is 3.06. The van der Waals surface area contributed by atoms with Crippen molar-refractivity contribution in [3.63, 3.8) is 0 Å². The Morgan fingerprint density at radius 1 is 1.15 bits per heavy atom. The van der Waals surface area contributed by atoms with Crippen LogP contribution in [0.5, 0.6) is 5.75 Å². The van der Waals surface area contributed by atoms with Crippen LogP contribution in [0.4, 0.5) is 0 Å². The van der Waals surface area contributed by atoms with E-state index in [0.717, 1.165) is 34.2 Å². The fourth-order valence-corrected chi connectivity index (χ4v) is 5.20. The largest absolute Gasteiger partial charge is 0.506 e. The van der Waals surface area contributed by atoms with Crippen LogP contribution in [0.25, 0.3) is 10.1 Å². The van der Waals surface area contributed by atoms with Crippen LogP contribution in [0.3, 0.4) is 0 Å². The summed E-state index contributed by atoms with van der Waals surface area (Å²) in [6.07, 6.45) is 4.13.